The number of aromatic nitrogens is 2. The third-order valence-electron chi connectivity index (χ3n) is 2.86. The van der Waals surface area contributed by atoms with Crippen molar-refractivity contribution in [2.24, 2.45) is 11.7 Å². The van der Waals surface area contributed by atoms with E-state index < -0.39 is 0 Å². The van der Waals surface area contributed by atoms with Crippen LogP contribution >= 0.6 is 0 Å². The van der Waals surface area contributed by atoms with Crippen molar-refractivity contribution < 1.29 is 4.42 Å². The molecule has 1 heterocycles. The minimum Gasteiger partial charge on any atom is -0.406 e. The molecule has 0 aliphatic heterocycles. The lowest BCUT2D eigenvalue weighted by atomic mass is 10.1. The Balaban J connectivity index is 2.20. The van der Waals surface area contributed by atoms with Crippen LogP contribution in [0.1, 0.15) is 25.8 Å². The van der Waals surface area contributed by atoms with E-state index in [1.807, 2.05) is 56.1 Å². The van der Waals surface area contributed by atoms with Crippen LogP contribution in [0.5, 0.6) is 0 Å². The molecular formula is C13H18N4O. The van der Waals surface area contributed by atoms with Crippen LogP contribution in [-0.2, 0) is 0 Å². The highest BCUT2D eigenvalue weighted by Crippen LogP contribution is 2.25. The molecule has 0 radical (unpaired) electrons. The number of benzene rings is 1. The van der Waals surface area contributed by atoms with E-state index in [1.54, 1.807) is 0 Å². The van der Waals surface area contributed by atoms with Gasteiger partial charge in [0, 0.05) is 12.7 Å². The zero-order valence-electron chi connectivity index (χ0n) is 10.9. The fourth-order valence-electron chi connectivity index (χ4n) is 1.54. The van der Waals surface area contributed by atoms with Crippen molar-refractivity contribution in [3.8, 4) is 0 Å². The summed E-state index contributed by atoms with van der Waals surface area (Å²) < 4.78 is 5.60. The second-order valence-electron chi connectivity index (χ2n) is 4.59. The van der Waals surface area contributed by atoms with Gasteiger partial charge in [-0.3, -0.25) is 4.90 Å². The molecule has 0 amide bonds. The number of para-hydroxylation sites is 1. The van der Waals surface area contributed by atoms with Gasteiger partial charge in [-0.1, -0.05) is 37.1 Å². The Morgan fingerprint density at radius 3 is 2.44 bits per heavy atom. The lowest BCUT2D eigenvalue weighted by molar-refractivity contribution is 0.392. The molecule has 0 saturated carbocycles. The number of anilines is 2. The number of hydrogen-bond acceptors (Lipinski definition) is 5. The van der Waals surface area contributed by atoms with E-state index in [1.165, 1.54) is 0 Å². The summed E-state index contributed by atoms with van der Waals surface area (Å²) in [5.41, 5.74) is 6.97. The molecular weight excluding hydrogens is 228 g/mol. The van der Waals surface area contributed by atoms with Crippen molar-refractivity contribution in [3.05, 3.63) is 36.2 Å². The molecule has 2 aromatic rings. The van der Waals surface area contributed by atoms with Crippen LogP contribution in [0.4, 0.5) is 11.7 Å². The molecule has 96 valence electrons. The van der Waals surface area contributed by atoms with E-state index in [4.69, 9.17) is 10.2 Å². The summed E-state index contributed by atoms with van der Waals surface area (Å²) in [4.78, 5) is 1.84. The van der Waals surface area contributed by atoms with E-state index in [9.17, 15) is 0 Å². The highest BCUT2D eigenvalue weighted by molar-refractivity contribution is 5.54. The molecule has 2 rings (SSSR count). The van der Waals surface area contributed by atoms with Gasteiger partial charge in [0.05, 0.1) is 6.04 Å². The molecule has 5 heteroatoms. The zero-order valence-corrected chi connectivity index (χ0v) is 10.9. The smallest absolute Gasteiger partial charge is 0.322 e. The lowest BCUT2D eigenvalue weighted by Crippen LogP contribution is -2.17. The molecule has 1 atom stereocenters. The average Bonchev–Trinajstić information content (AvgIpc) is 2.87. The first-order chi connectivity index (χ1) is 8.59. The van der Waals surface area contributed by atoms with Crippen LogP contribution in [0.3, 0.4) is 0 Å². The first-order valence-corrected chi connectivity index (χ1v) is 5.97. The molecule has 0 bridgehead atoms. The van der Waals surface area contributed by atoms with Gasteiger partial charge in [-0.05, 0) is 18.1 Å². The maximum Gasteiger partial charge on any atom is 0.322 e. The topological polar surface area (TPSA) is 68.2 Å². The van der Waals surface area contributed by atoms with E-state index in [-0.39, 0.29) is 12.0 Å². The largest absolute Gasteiger partial charge is 0.406 e. The second kappa shape index (κ2) is 5.18. The van der Waals surface area contributed by atoms with Crippen molar-refractivity contribution in [2.75, 3.05) is 11.9 Å². The highest BCUT2D eigenvalue weighted by Gasteiger charge is 2.19. The molecule has 0 aliphatic rings. The molecule has 0 fully saturated rings. The van der Waals surface area contributed by atoms with Crippen molar-refractivity contribution >= 4 is 11.7 Å². The van der Waals surface area contributed by atoms with Crippen LogP contribution in [0.25, 0.3) is 0 Å². The molecule has 2 N–H and O–H groups in total. The average molecular weight is 246 g/mol. The Bertz CT molecular complexity index is 495. The first kappa shape index (κ1) is 12.6. The predicted molar refractivity (Wildman–Crippen MR) is 70.6 cm³/mol. The molecule has 18 heavy (non-hydrogen) atoms. The van der Waals surface area contributed by atoms with Crippen LogP contribution in [0, 0.1) is 5.92 Å². The summed E-state index contributed by atoms with van der Waals surface area (Å²) in [6, 6.07) is 10.1. The molecule has 0 aliphatic carbocycles. The normalized spacial score (nSPS) is 12.7. The van der Waals surface area contributed by atoms with E-state index in [0.29, 0.717) is 11.9 Å². The van der Waals surface area contributed by atoms with Crippen LogP contribution in [0.2, 0.25) is 0 Å². The summed E-state index contributed by atoms with van der Waals surface area (Å²) in [7, 11) is 1.88. The van der Waals surface area contributed by atoms with E-state index >= 15 is 0 Å². The zero-order chi connectivity index (χ0) is 13.1. The van der Waals surface area contributed by atoms with Gasteiger partial charge in [0.15, 0.2) is 0 Å². The molecule has 1 aromatic heterocycles. The van der Waals surface area contributed by atoms with Crippen LogP contribution < -0.4 is 10.6 Å². The maximum absolute atomic E-state index is 5.98. The van der Waals surface area contributed by atoms with Gasteiger partial charge in [-0.2, -0.15) is 0 Å². The number of hydrogen-bond donors (Lipinski definition) is 1. The van der Waals surface area contributed by atoms with Crippen molar-refractivity contribution in [1.82, 2.24) is 10.2 Å². The fraction of sp³-hybridized carbons (Fsp3) is 0.385. The van der Waals surface area contributed by atoms with Gasteiger partial charge >= 0.3 is 6.01 Å². The highest BCUT2D eigenvalue weighted by atomic mass is 16.4. The third kappa shape index (κ3) is 2.51. The van der Waals surface area contributed by atoms with Gasteiger partial charge < -0.3 is 10.2 Å². The van der Waals surface area contributed by atoms with Gasteiger partial charge in [0.25, 0.3) is 0 Å². The Morgan fingerprint density at radius 2 is 1.83 bits per heavy atom. The summed E-state index contributed by atoms with van der Waals surface area (Å²) in [5.74, 6) is 0.739. The lowest BCUT2D eigenvalue weighted by Gasteiger charge is -2.14. The maximum atomic E-state index is 5.98. The Morgan fingerprint density at radius 1 is 1.17 bits per heavy atom. The summed E-state index contributed by atoms with van der Waals surface area (Å²) in [6.45, 7) is 4.05. The fourth-order valence-corrected chi connectivity index (χ4v) is 1.54. The number of nitrogens with two attached hydrogens (primary N) is 1. The van der Waals surface area contributed by atoms with Gasteiger partial charge in [0.1, 0.15) is 0 Å². The van der Waals surface area contributed by atoms with Crippen molar-refractivity contribution in [3.63, 3.8) is 0 Å². The Hall–Kier alpha value is -1.88. The first-order valence-electron chi connectivity index (χ1n) is 5.97. The minimum atomic E-state index is -0.226. The monoisotopic (exact) mass is 246 g/mol. The third-order valence-corrected chi connectivity index (χ3v) is 2.86. The van der Waals surface area contributed by atoms with Gasteiger partial charge in [-0.15, -0.1) is 5.10 Å². The minimum absolute atomic E-state index is 0.226. The predicted octanol–water partition coefficient (Wildman–Crippen LogP) is 2.49. The molecule has 5 nitrogen and oxygen atoms in total. The van der Waals surface area contributed by atoms with Crippen molar-refractivity contribution in [1.29, 1.82) is 0 Å². The summed E-state index contributed by atoms with van der Waals surface area (Å²) in [6.07, 6.45) is 0. The standard InChI is InChI=1S/C13H18N4O/c1-9(2)11(14)12-15-16-13(18-12)17(3)10-7-5-4-6-8-10/h4-9,11H,14H2,1-3H3. The molecule has 1 aromatic carbocycles. The Kier molecular flexibility index (Phi) is 3.62. The number of rotatable bonds is 4. The summed E-state index contributed by atoms with van der Waals surface area (Å²) >= 11 is 0. The van der Waals surface area contributed by atoms with Gasteiger partial charge in [-0.25, -0.2) is 0 Å². The number of nitrogens with zero attached hydrogens (tertiary/aromatic N) is 3. The molecule has 1 unspecified atom stereocenters. The molecule has 0 saturated heterocycles. The second-order valence-corrected chi connectivity index (χ2v) is 4.59. The SMILES string of the molecule is CC(C)C(N)c1nnc(N(C)c2ccccc2)o1. The van der Waals surface area contributed by atoms with Crippen LogP contribution in [0.15, 0.2) is 34.7 Å². The Labute approximate surface area is 107 Å². The van der Waals surface area contributed by atoms with Crippen LogP contribution in [-0.4, -0.2) is 17.2 Å². The van der Waals surface area contributed by atoms with Crippen molar-refractivity contribution in [2.45, 2.75) is 19.9 Å². The van der Waals surface area contributed by atoms with E-state index in [2.05, 4.69) is 10.2 Å². The quantitative estimate of drug-likeness (QED) is 0.897. The molecule has 0 spiro atoms. The summed E-state index contributed by atoms with van der Waals surface area (Å²) in [5, 5.41) is 8.03. The van der Waals surface area contributed by atoms with Gasteiger partial charge in [0.2, 0.25) is 5.89 Å². The van der Waals surface area contributed by atoms with E-state index in [0.717, 1.165) is 5.69 Å².